The zero-order chi connectivity index (χ0) is 14.8. The topological polar surface area (TPSA) is 66.6 Å². The van der Waals surface area contributed by atoms with Gasteiger partial charge in [-0.25, -0.2) is 0 Å². The van der Waals surface area contributed by atoms with Gasteiger partial charge in [0.05, 0.1) is 12.5 Å². The minimum atomic E-state index is -0.248. The number of nitrogens with zero attached hydrogens (tertiary/aromatic N) is 2. The van der Waals surface area contributed by atoms with Gasteiger partial charge >= 0.3 is 0 Å². The van der Waals surface area contributed by atoms with E-state index in [2.05, 4.69) is 16.3 Å². The van der Waals surface area contributed by atoms with Crippen molar-refractivity contribution in [2.24, 2.45) is 11.7 Å². The summed E-state index contributed by atoms with van der Waals surface area (Å²) in [5.41, 5.74) is 6.54. The van der Waals surface area contributed by atoms with E-state index in [4.69, 9.17) is 5.73 Å². The largest absolute Gasteiger partial charge is 0.369 e. The Bertz CT molecular complexity index is 513. The van der Waals surface area contributed by atoms with Gasteiger partial charge in [-0.05, 0) is 48.2 Å². The molecule has 0 bridgehead atoms. The van der Waals surface area contributed by atoms with E-state index in [0.29, 0.717) is 25.7 Å². The number of carbonyl (C=O) groups is 2. The maximum atomic E-state index is 12.6. The molecule has 5 nitrogen and oxygen atoms in total. The molecule has 0 aromatic carbocycles. The molecule has 0 spiro atoms. The molecule has 1 aromatic heterocycles. The summed E-state index contributed by atoms with van der Waals surface area (Å²) >= 11 is 1.66. The number of likely N-dealkylation sites (tertiary alicyclic amines) is 1. The van der Waals surface area contributed by atoms with E-state index in [9.17, 15) is 9.59 Å². The molecule has 3 rings (SSSR count). The number of amides is 2. The summed E-state index contributed by atoms with van der Waals surface area (Å²) in [5.74, 6) is -0.167. The molecule has 2 heterocycles. The molecular weight excluding hydrogens is 286 g/mol. The van der Waals surface area contributed by atoms with Gasteiger partial charge in [-0.15, -0.1) is 0 Å². The van der Waals surface area contributed by atoms with Crippen molar-refractivity contribution in [3.05, 3.63) is 22.4 Å². The minimum Gasteiger partial charge on any atom is -0.369 e. The summed E-state index contributed by atoms with van der Waals surface area (Å²) in [6.07, 6.45) is 3.00. The highest BCUT2D eigenvalue weighted by atomic mass is 32.1. The van der Waals surface area contributed by atoms with Crippen LogP contribution in [-0.2, 0) is 16.1 Å². The second kappa shape index (κ2) is 6.15. The lowest BCUT2D eigenvalue weighted by molar-refractivity contribution is -0.133. The van der Waals surface area contributed by atoms with Crippen molar-refractivity contribution in [3.63, 3.8) is 0 Å². The Balaban J connectivity index is 1.56. The molecule has 1 aliphatic heterocycles. The zero-order valence-electron chi connectivity index (χ0n) is 12.0. The van der Waals surface area contributed by atoms with Crippen molar-refractivity contribution in [3.8, 4) is 0 Å². The van der Waals surface area contributed by atoms with Gasteiger partial charge in [0.25, 0.3) is 0 Å². The fraction of sp³-hybridized carbons (Fsp3) is 0.600. The van der Waals surface area contributed by atoms with Gasteiger partial charge in [-0.2, -0.15) is 11.3 Å². The highest BCUT2D eigenvalue weighted by Crippen LogP contribution is 2.29. The predicted molar refractivity (Wildman–Crippen MR) is 81.6 cm³/mol. The quantitative estimate of drug-likeness (QED) is 0.854. The molecule has 2 amide bonds. The van der Waals surface area contributed by atoms with Crippen LogP contribution in [0.15, 0.2) is 16.8 Å². The Hall–Kier alpha value is -1.40. The maximum Gasteiger partial charge on any atom is 0.237 e. The van der Waals surface area contributed by atoms with Crippen molar-refractivity contribution in [2.75, 3.05) is 19.6 Å². The van der Waals surface area contributed by atoms with Crippen LogP contribution in [-0.4, -0.2) is 47.3 Å². The van der Waals surface area contributed by atoms with Gasteiger partial charge in [-0.1, -0.05) is 0 Å². The molecule has 1 aromatic rings. The third-order valence-electron chi connectivity index (χ3n) is 4.27. The van der Waals surface area contributed by atoms with Crippen LogP contribution in [0, 0.1) is 5.92 Å². The summed E-state index contributed by atoms with van der Waals surface area (Å²) in [7, 11) is 0. The average Bonchev–Trinajstić information content (AvgIpc) is 2.97. The molecule has 2 aliphatic rings. The van der Waals surface area contributed by atoms with Crippen molar-refractivity contribution < 1.29 is 9.59 Å². The lowest BCUT2D eigenvalue weighted by atomic mass is 10.1. The molecule has 114 valence electrons. The Kier molecular flexibility index (Phi) is 4.26. The summed E-state index contributed by atoms with van der Waals surface area (Å²) in [6.45, 7) is 2.53. The van der Waals surface area contributed by atoms with E-state index >= 15 is 0 Å². The average molecular weight is 307 g/mol. The molecule has 2 N–H and O–H groups in total. The smallest absolute Gasteiger partial charge is 0.237 e. The summed E-state index contributed by atoms with van der Waals surface area (Å²) < 4.78 is 0. The van der Waals surface area contributed by atoms with Gasteiger partial charge in [0.1, 0.15) is 0 Å². The number of hydrogen-bond donors (Lipinski definition) is 1. The van der Waals surface area contributed by atoms with Crippen molar-refractivity contribution in [2.45, 2.75) is 31.8 Å². The SMILES string of the molecule is NC(=O)[C@@H]1CCN(CC(=O)N(Cc2ccsc2)C2CC2)C1. The maximum absolute atomic E-state index is 12.6. The number of nitrogens with two attached hydrogens (primary N) is 1. The normalized spacial score (nSPS) is 22.4. The lowest BCUT2D eigenvalue weighted by Gasteiger charge is -2.25. The van der Waals surface area contributed by atoms with Crippen molar-refractivity contribution >= 4 is 23.2 Å². The van der Waals surface area contributed by atoms with E-state index in [-0.39, 0.29) is 17.7 Å². The summed E-state index contributed by atoms with van der Waals surface area (Å²) in [5, 5.41) is 4.14. The van der Waals surface area contributed by atoms with E-state index < -0.39 is 0 Å². The predicted octanol–water partition coefficient (Wildman–Crippen LogP) is 1.05. The van der Waals surface area contributed by atoms with Crippen LogP contribution in [0.3, 0.4) is 0 Å². The first-order valence-corrected chi connectivity index (χ1v) is 8.40. The van der Waals surface area contributed by atoms with Gasteiger partial charge in [0, 0.05) is 19.1 Å². The highest BCUT2D eigenvalue weighted by molar-refractivity contribution is 7.07. The van der Waals surface area contributed by atoms with Crippen LogP contribution in [0.1, 0.15) is 24.8 Å². The molecule has 0 radical (unpaired) electrons. The standard InChI is InChI=1S/C15H21N3O2S/c16-15(20)12-3-5-17(8-12)9-14(19)18(13-1-2-13)7-11-4-6-21-10-11/h4,6,10,12-13H,1-3,5,7-9H2,(H2,16,20)/t12-/m1/s1. The number of carbonyl (C=O) groups excluding carboxylic acids is 2. The zero-order valence-corrected chi connectivity index (χ0v) is 12.8. The fourth-order valence-corrected chi connectivity index (χ4v) is 3.54. The van der Waals surface area contributed by atoms with E-state index in [1.54, 1.807) is 11.3 Å². The van der Waals surface area contributed by atoms with Crippen LogP contribution in [0.5, 0.6) is 0 Å². The summed E-state index contributed by atoms with van der Waals surface area (Å²) in [6, 6.07) is 2.48. The molecular formula is C15H21N3O2S. The number of hydrogen-bond acceptors (Lipinski definition) is 4. The number of rotatable bonds is 6. The Labute approximate surface area is 128 Å². The molecule has 1 aliphatic carbocycles. The molecule has 1 saturated heterocycles. The van der Waals surface area contributed by atoms with Gasteiger partial charge in [0.15, 0.2) is 0 Å². The lowest BCUT2D eigenvalue weighted by Crippen LogP contribution is -2.40. The van der Waals surface area contributed by atoms with Crippen molar-refractivity contribution in [1.82, 2.24) is 9.80 Å². The van der Waals surface area contributed by atoms with Gasteiger partial charge < -0.3 is 10.6 Å². The Morgan fingerprint density at radius 3 is 2.76 bits per heavy atom. The highest BCUT2D eigenvalue weighted by Gasteiger charge is 2.34. The molecule has 21 heavy (non-hydrogen) atoms. The molecule has 2 fully saturated rings. The second-order valence-corrected chi connectivity index (χ2v) is 6.79. The first-order chi connectivity index (χ1) is 10.1. The fourth-order valence-electron chi connectivity index (χ4n) is 2.88. The molecule has 0 unspecified atom stereocenters. The van der Waals surface area contributed by atoms with Crippen LogP contribution in [0.2, 0.25) is 0 Å². The Morgan fingerprint density at radius 2 is 2.19 bits per heavy atom. The first kappa shape index (κ1) is 14.5. The second-order valence-electron chi connectivity index (χ2n) is 6.01. The van der Waals surface area contributed by atoms with E-state index in [1.165, 1.54) is 5.56 Å². The van der Waals surface area contributed by atoms with Crippen molar-refractivity contribution in [1.29, 1.82) is 0 Å². The number of thiophene rings is 1. The Morgan fingerprint density at radius 1 is 1.38 bits per heavy atom. The molecule has 1 saturated carbocycles. The first-order valence-electron chi connectivity index (χ1n) is 7.45. The third-order valence-corrected chi connectivity index (χ3v) is 5.01. The van der Waals surface area contributed by atoms with Crippen LogP contribution in [0.4, 0.5) is 0 Å². The molecule has 1 atom stereocenters. The number of primary amides is 1. The monoisotopic (exact) mass is 307 g/mol. The van der Waals surface area contributed by atoms with Crippen LogP contribution >= 0.6 is 11.3 Å². The van der Waals surface area contributed by atoms with E-state index in [0.717, 1.165) is 25.8 Å². The summed E-state index contributed by atoms with van der Waals surface area (Å²) in [4.78, 5) is 27.8. The van der Waals surface area contributed by atoms with Crippen LogP contribution < -0.4 is 5.73 Å². The van der Waals surface area contributed by atoms with E-state index in [1.807, 2.05) is 10.3 Å². The van der Waals surface area contributed by atoms with Crippen LogP contribution in [0.25, 0.3) is 0 Å². The van der Waals surface area contributed by atoms with Gasteiger partial charge in [-0.3, -0.25) is 14.5 Å². The van der Waals surface area contributed by atoms with Gasteiger partial charge in [0.2, 0.25) is 11.8 Å². The molecule has 6 heteroatoms. The minimum absolute atomic E-state index is 0.0935. The third kappa shape index (κ3) is 3.63.